The molecular weight excluding hydrogens is 236 g/mol. The van der Waals surface area contributed by atoms with Crippen LogP contribution in [0.25, 0.3) is 0 Å². The minimum Gasteiger partial charge on any atom is -0.369 e. The molecule has 0 aliphatic carbocycles. The van der Waals surface area contributed by atoms with E-state index < -0.39 is 0 Å². The molecule has 1 fully saturated rings. The second kappa shape index (κ2) is 5.19. The first-order valence-electron chi connectivity index (χ1n) is 5.99. The summed E-state index contributed by atoms with van der Waals surface area (Å²) in [4.78, 5) is 10.9. The molecule has 0 bridgehead atoms. The van der Waals surface area contributed by atoms with Gasteiger partial charge in [0.1, 0.15) is 16.8 Å². The molecule has 2 heterocycles. The smallest absolute Gasteiger partial charge is 0.137 e. The summed E-state index contributed by atoms with van der Waals surface area (Å²) in [5, 5.41) is 3.94. The van der Waals surface area contributed by atoms with E-state index in [0.29, 0.717) is 16.9 Å². The molecule has 1 aromatic rings. The van der Waals surface area contributed by atoms with Crippen molar-refractivity contribution in [1.82, 2.24) is 14.9 Å². The number of aryl methyl sites for hydroxylation is 1. The Hall–Kier alpha value is -0.870. The number of likely N-dealkylation sites (tertiary alicyclic amines) is 1. The third kappa shape index (κ3) is 3.07. The van der Waals surface area contributed by atoms with E-state index >= 15 is 0 Å². The van der Waals surface area contributed by atoms with Crippen molar-refractivity contribution >= 4 is 17.4 Å². The highest BCUT2D eigenvalue weighted by Gasteiger charge is 2.19. The van der Waals surface area contributed by atoms with Gasteiger partial charge in [-0.15, -0.1) is 0 Å². The lowest BCUT2D eigenvalue weighted by Gasteiger charge is -2.14. The predicted octanol–water partition coefficient (Wildman–Crippen LogP) is 2.11. The third-order valence-corrected chi connectivity index (χ3v) is 3.61. The fourth-order valence-electron chi connectivity index (χ4n) is 2.20. The molecule has 1 unspecified atom stereocenters. The molecule has 1 saturated heterocycles. The van der Waals surface area contributed by atoms with Crippen LogP contribution in [-0.2, 0) is 0 Å². The van der Waals surface area contributed by atoms with E-state index in [9.17, 15) is 0 Å². The van der Waals surface area contributed by atoms with Gasteiger partial charge in [-0.3, -0.25) is 0 Å². The molecule has 1 atom stereocenters. The number of nitrogens with zero attached hydrogens (tertiary/aromatic N) is 3. The molecule has 2 rings (SSSR count). The Bertz CT molecular complexity index is 408. The van der Waals surface area contributed by atoms with E-state index in [-0.39, 0.29) is 0 Å². The summed E-state index contributed by atoms with van der Waals surface area (Å²) in [7, 11) is 2.16. The Balaban J connectivity index is 1.99. The zero-order chi connectivity index (χ0) is 12.4. The number of rotatable bonds is 3. The molecule has 1 aliphatic heterocycles. The zero-order valence-corrected chi connectivity index (χ0v) is 11.4. The quantitative estimate of drug-likeness (QED) is 0.839. The molecule has 0 radical (unpaired) electrons. The number of hydrogen-bond acceptors (Lipinski definition) is 4. The third-order valence-electron chi connectivity index (χ3n) is 3.25. The molecule has 0 amide bonds. The van der Waals surface area contributed by atoms with Crippen molar-refractivity contribution in [2.75, 3.05) is 32.0 Å². The molecule has 1 N–H and O–H groups in total. The SMILES string of the molecule is Cc1nc(Cl)c(C)c(NCC2CCN(C)C2)n1. The Morgan fingerprint density at radius 1 is 1.41 bits per heavy atom. The van der Waals surface area contributed by atoms with Gasteiger partial charge in [0.05, 0.1) is 0 Å². The van der Waals surface area contributed by atoms with E-state index in [0.717, 1.165) is 24.5 Å². The van der Waals surface area contributed by atoms with Crippen molar-refractivity contribution < 1.29 is 0 Å². The van der Waals surface area contributed by atoms with Gasteiger partial charge < -0.3 is 10.2 Å². The number of halogens is 1. The highest BCUT2D eigenvalue weighted by molar-refractivity contribution is 6.30. The zero-order valence-electron chi connectivity index (χ0n) is 10.6. The van der Waals surface area contributed by atoms with Crippen molar-refractivity contribution in [2.24, 2.45) is 5.92 Å². The topological polar surface area (TPSA) is 41.1 Å². The van der Waals surface area contributed by atoms with Gasteiger partial charge in [-0.2, -0.15) is 0 Å². The molecule has 0 saturated carbocycles. The average molecular weight is 255 g/mol. The van der Waals surface area contributed by atoms with E-state index in [1.807, 2.05) is 13.8 Å². The normalized spacial score (nSPS) is 20.8. The van der Waals surface area contributed by atoms with Crippen molar-refractivity contribution in [2.45, 2.75) is 20.3 Å². The fourth-order valence-corrected chi connectivity index (χ4v) is 2.41. The number of anilines is 1. The summed E-state index contributed by atoms with van der Waals surface area (Å²) in [5.41, 5.74) is 0.934. The van der Waals surface area contributed by atoms with E-state index in [1.165, 1.54) is 13.0 Å². The van der Waals surface area contributed by atoms with Crippen molar-refractivity contribution in [3.05, 3.63) is 16.5 Å². The van der Waals surface area contributed by atoms with Crippen LogP contribution in [0.4, 0.5) is 5.82 Å². The lowest BCUT2D eigenvalue weighted by atomic mass is 10.1. The second-order valence-electron chi connectivity index (χ2n) is 4.83. The van der Waals surface area contributed by atoms with Gasteiger partial charge in [-0.1, -0.05) is 11.6 Å². The Kier molecular flexibility index (Phi) is 3.84. The van der Waals surface area contributed by atoms with Crippen LogP contribution in [0.1, 0.15) is 17.8 Å². The van der Waals surface area contributed by atoms with Crippen molar-refractivity contribution in [1.29, 1.82) is 0 Å². The molecule has 0 aromatic carbocycles. The molecule has 0 spiro atoms. The first-order valence-corrected chi connectivity index (χ1v) is 6.37. The van der Waals surface area contributed by atoms with Crippen LogP contribution in [0.15, 0.2) is 0 Å². The molecule has 5 heteroatoms. The summed E-state index contributed by atoms with van der Waals surface area (Å²) in [6.07, 6.45) is 1.25. The van der Waals surface area contributed by atoms with E-state index in [2.05, 4.69) is 27.2 Å². The van der Waals surface area contributed by atoms with Crippen molar-refractivity contribution in [3.63, 3.8) is 0 Å². The van der Waals surface area contributed by atoms with Crippen LogP contribution in [0, 0.1) is 19.8 Å². The van der Waals surface area contributed by atoms with Crippen LogP contribution < -0.4 is 5.32 Å². The van der Waals surface area contributed by atoms with Crippen LogP contribution in [0.2, 0.25) is 5.15 Å². The molecule has 1 aliphatic rings. The highest BCUT2D eigenvalue weighted by Crippen LogP contribution is 2.21. The van der Waals surface area contributed by atoms with Crippen molar-refractivity contribution in [3.8, 4) is 0 Å². The van der Waals surface area contributed by atoms with Gasteiger partial charge >= 0.3 is 0 Å². The molecule has 94 valence electrons. The molecule has 4 nitrogen and oxygen atoms in total. The van der Waals surface area contributed by atoms with Crippen LogP contribution in [0.3, 0.4) is 0 Å². The maximum Gasteiger partial charge on any atom is 0.137 e. The maximum atomic E-state index is 6.04. The minimum atomic E-state index is 0.545. The monoisotopic (exact) mass is 254 g/mol. The number of aromatic nitrogens is 2. The summed E-state index contributed by atoms with van der Waals surface area (Å²) < 4.78 is 0. The van der Waals surface area contributed by atoms with Gasteiger partial charge in [-0.25, -0.2) is 9.97 Å². The predicted molar refractivity (Wildman–Crippen MR) is 70.6 cm³/mol. The summed E-state index contributed by atoms with van der Waals surface area (Å²) >= 11 is 6.04. The summed E-state index contributed by atoms with van der Waals surface area (Å²) in [6, 6.07) is 0. The average Bonchev–Trinajstić information content (AvgIpc) is 2.67. The Morgan fingerprint density at radius 3 is 2.82 bits per heavy atom. The molecule has 1 aromatic heterocycles. The maximum absolute atomic E-state index is 6.04. The standard InChI is InChI=1S/C12H19ClN4/c1-8-11(13)15-9(2)16-12(8)14-6-10-4-5-17(3)7-10/h10H,4-7H2,1-3H3,(H,14,15,16). The van der Waals surface area contributed by atoms with Gasteiger partial charge in [0.2, 0.25) is 0 Å². The van der Waals surface area contributed by atoms with Gasteiger partial charge in [0, 0.05) is 18.7 Å². The first-order chi connectivity index (χ1) is 8.06. The first kappa shape index (κ1) is 12.6. The van der Waals surface area contributed by atoms with Crippen LogP contribution in [0.5, 0.6) is 0 Å². The molecule has 17 heavy (non-hydrogen) atoms. The van der Waals surface area contributed by atoms with Crippen LogP contribution in [-0.4, -0.2) is 41.5 Å². The van der Waals surface area contributed by atoms with Crippen LogP contribution >= 0.6 is 11.6 Å². The molecular formula is C12H19ClN4. The van der Waals surface area contributed by atoms with Gasteiger partial charge in [0.25, 0.3) is 0 Å². The largest absolute Gasteiger partial charge is 0.369 e. The van der Waals surface area contributed by atoms with E-state index in [1.54, 1.807) is 0 Å². The fraction of sp³-hybridized carbons (Fsp3) is 0.667. The minimum absolute atomic E-state index is 0.545. The Labute approximate surface area is 107 Å². The van der Waals surface area contributed by atoms with E-state index in [4.69, 9.17) is 11.6 Å². The van der Waals surface area contributed by atoms with Gasteiger partial charge in [-0.05, 0) is 39.8 Å². The summed E-state index contributed by atoms with van der Waals surface area (Å²) in [5.74, 6) is 2.29. The second-order valence-corrected chi connectivity index (χ2v) is 5.19. The lowest BCUT2D eigenvalue weighted by molar-refractivity contribution is 0.399. The Morgan fingerprint density at radius 2 is 2.18 bits per heavy atom. The highest BCUT2D eigenvalue weighted by atomic mass is 35.5. The number of nitrogens with one attached hydrogen (secondary N) is 1. The lowest BCUT2D eigenvalue weighted by Crippen LogP contribution is -2.20. The summed E-state index contributed by atoms with van der Waals surface area (Å²) in [6.45, 7) is 7.11. The van der Waals surface area contributed by atoms with Gasteiger partial charge in [0.15, 0.2) is 0 Å². The number of hydrogen-bond donors (Lipinski definition) is 1.